The van der Waals surface area contributed by atoms with Crippen LogP contribution in [-0.4, -0.2) is 53.9 Å². The molecule has 2 rings (SSSR count). The molecule has 0 spiro atoms. The summed E-state index contributed by atoms with van der Waals surface area (Å²) in [6.45, 7) is 10.7. The number of carbonyl (C=O) groups excluding carboxylic acids is 2. The largest absolute Gasteiger partial charge is 0.491 e. The molecule has 1 aliphatic rings. The number of hydrogen-bond acceptors (Lipinski definition) is 3. The lowest BCUT2D eigenvalue weighted by molar-refractivity contribution is -0.131. The Morgan fingerprint density at radius 1 is 1.12 bits per heavy atom. The fourth-order valence-corrected chi connectivity index (χ4v) is 3.21. The maximum atomic E-state index is 12.9. The Kier molecular flexibility index (Phi) is 7.49. The van der Waals surface area contributed by atoms with Gasteiger partial charge in [-0.25, -0.2) is 0 Å². The Morgan fingerprint density at radius 3 is 2.46 bits per heavy atom. The number of aryl methyl sites for hydroxylation is 1. The van der Waals surface area contributed by atoms with Crippen molar-refractivity contribution >= 4 is 11.8 Å². The molecule has 5 nitrogen and oxygen atoms in total. The Bertz CT molecular complexity index is 628. The van der Waals surface area contributed by atoms with Gasteiger partial charge in [0.2, 0.25) is 5.91 Å². The smallest absolute Gasteiger partial charge is 0.253 e. The van der Waals surface area contributed by atoms with Gasteiger partial charge in [-0.3, -0.25) is 9.59 Å². The molecule has 0 N–H and O–H groups in total. The quantitative estimate of drug-likeness (QED) is 0.778. The van der Waals surface area contributed by atoms with Crippen LogP contribution in [0.3, 0.4) is 0 Å². The number of hydrogen-bond donors (Lipinski definition) is 0. The van der Waals surface area contributed by atoms with Crippen LogP contribution in [0, 0.1) is 6.92 Å². The van der Waals surface area contributed by atoms with Crippen molar-refractivity contribution in [3.63, 3.8) is 0 Å². The van der Waals surface area contributed by atoms with Gasteiger partial charge in [0, 0.05) is 38.2 Å². The van der Waals surface area contributed by atoms with E-state index in [1.54, 1.807) is 0 Å². The third-order valence-corrected chi connectivity index (χ3v) is 4.66. The van der Waals surface area contributed by atoms with Gasteiger partial charge in [-0.1, -0.05) is 13.3 Å². The van der Waals surface area contributed by atoms with Gasteiger partial charge in [-0.15, -0.1) is 0 Å². The predicted molar refractivity (Wildman–Crippen MR) is 104 cm³/mol. The van der Waals surface area contributed by atoms with Gasteiger partial charge in [0.05, 0.1) is 6.10 Å². The fraction of sp³-hybridized carbons (Fsp3) is 0.619. The molecule has 2 amide bonds. The van der Waals surface area contributed by atoms with Crippen molar-refractivity contribution in [3.8, 4) is 5.75 Å². The van der Waals surface area contributed by atoms with E-state index < -0.39 is 0 Å². The highest BCUT2D eigenvalue weighted by atomic mass is 16.5. The van der Waals surface area contributed by atoms with E-state index in [4.69, 9.17) is 4.74 Å². The van der Waals surface area contributed by atoms with Crippen molar-refractivity contribution < 1.29 is 14.3 Å². The summed E-state index contributed by atoms with van der Waals surface area (Å²) in [6.07, 6.45) is 3.51. The summed E-state index contributed by atoms with van der Waals surface area (Å²) < 4.78 is 5.75. The molecule has 144 valence electrons. The molecule has 1 aliphatic heterocycles. The van der Waals surface area contributed by atoms with Gasteiger partial charge in [0.1, 0.15) is 5.75 Å². The van der Waals surface area contributed by atoms with Gasteiger partial charge in [-0.2, -0.15) is 0 Å². The zero-order valence-corrected chi connectivity index (χ0v) is 16.6. The predicted octanol–water partition coefficient (Wildman–Crippen LogP) is 3.65. The summed E-state index contributed by atoms with van der Waals surface area (Å²) in [5.41, 5.74) is 1.65. The van der Waals surface area contributed by atoms with Crippen molar-refractivity contribution in [2.75, 3.05) is 26.2 Å². The molecule has 1 saturated heterocycles. The zero-order chi connectivity index (χ0) is 19.1. The minimum atomic E-state index is 0.0343. The lowest BCUT2D eigenvalue weighted by Crippen LogP contribution is -2.37. The SMILES string of the molecule is CCCCC(=O)N1CCCN(C(=O)c2ccc(OC(C)C)c(C)c2)CC1. The summed E-state index contributed by atoms with van der Waals surface area (Å²) in [4.78, 5) is 28.9. The molecule has 0 aromatic heterocycles. The molecule has 1 aromatic rings. The van der Waals surface area contributed by atoms with Crippen molar-refractivity contribution in [2.24, 2.45) is 0 Å². The highest BCUT2D eigenvalue weighted by Gasteiger charge is 2.23. The summed E-state index contributed by atoms with van der Waals surface area (Å²) in [6, 6.07) is 5.61. The van der Waals surface area contributed by atoms with E-state index in [1.165, 1.54) is 0 Å². The number of unbranched alkanes of at least 4 members (excludes halogenated alkanes) is 1. The Labute approximate surface area is 157 Å². The van der Waals surface area contributed by atoms with Crippen molar-refractivity contribution in [1.82, 2.24) is 9.80 Å². The minimum Gasteiger partial charge on any atom is -0.491 e. The molecule has 1 aromatic carbocycles. The van der Waals surface area contributed by atoms with Crippen LogP contribution < -0.4 is 4.74 Å². The molecular formula is C21H32N2O3. The van der Waals surface area contributed by atoms with E-state index in [2.05, 4.69) is 6.92 Å². The third kappa shape index (κ3) is 5.48. The number of rotatable bonds is 6. The first-order valence-corrected chi connectivity index (χ1v) is 9.76. The van der Waals surface area contributed by atoms with Gasteiger partial charge in [0.15, 0.2) is 0 Å². The molecular weight excluding hydrogens is 328 g/mol. The van der Waals surface area contributed by atoms with E-state index in [0.717, 1.165) is 37.1 Å². The van der Waals surface area contributed by atoms with Gasteiger partial charge in [-0.05, 0) is 57.4 Å². The van der Waals surface area contributed by atoms with Crippen LogP contribution in [0.15, 0.2) is 18.2 Å². The average Bonchev–Trinajstić information content (AvgIpc) is 2.86. The van der Waals surface area contributed by atoms with E-state index in [9.17, 15) is 9.59 Å². The molecule has 0 atom stereocenters. The molecule has 0 unspecified atom stereocenters. The van der Waals surface area contributed by atoms with Crippen molar-refractivity contribution in [1.29, 1.82) is 0 Å². The van der Waals surface area contributed by atoms with Gasteiger partial charge < -0.3 is 14.5 Å². The van der Waals surface area contributed by atoms with E-state index in [1.807, 2.05) is 48.8 Å². The van der Waals surface area contributed by atoms with Crippen LogP contribution in [-0.2, 0) is 4.79 Å². The van der Waals surface area contributed by atoms with E-state index >= 15 is 0 Å². The molecule has 0 bridgehead atoms. The van der Waals surface area contributed by atoms with Crippen molar-refractivity contribution in [2.45, 2.75) is 59.5 Å². The zero-order valence-electron chi connectivity index (χ0n) is 16.6. The second kappa shape index (κ2) is 9.60. The maximum absolute atomic E-state index is 12.9. The van der Waals surface area contributed by atoms with Gasteiger partial charge >= 0.3 is 0 Å². The van der Waals surface area contributed by atoms with Crippen LogP contribution in [0.4, 0.5) is 0 Å². The van der Waals surface area contributed by atoms with Crippen LogP contribution in [0.2, 0.25) is 0 Å². The standard InChI is InChI=1S/C21H32N2O3/c1-5-6-8-20(24)22-11-7-12-23(14-13-22)21(25)18-9-10-19(17(4)15-18)26-16(2)3/h9-10,15-16H,5-8,11-14H2,1-4H3. The summed E-state index contributed by atoms with van der Waals surface area (Å²) in [5.74, 6) is 1.07. The molecule has 5 heteroatoms. The monoisotopic (exact) mass is 360 g/mol. The normalized spacial score (nSPS) is 15.1. The molecule has 26 heavy (non-hydrogen) atoms. The topological polar surface area (TPSA) is 49.9 Å². The third-order valence-electron chi connectivity index (χ3n) is 4.66. The van der Waals surface area contributed by atoms with Crippen LogP contribution in [0.5, 0.6) is 5.75 Å². The molecule has 1 fully saturated rings. The van der Waals surface area contributed by atoms with Gasteiger partial charge in [0.25, 0.3) is 5.91 Å². The molecule has 0 aliphatic carbocycles. The minimum absolute atomic E-state index is 0.0343. The summed E-state index contributed by atoms with van der Waals surface area (Å²) >= 11 is 0. The van der Waals surface area contributed by atoms with Crippen LogP contribution in [0.1, 0.15) is 62.4 Å². The first kappa shape index (κ1) is 20.3. The van der Waals surface area contributed by atoms with E-state index in [-0.39, 0.29) is 17.9 Å². The second-order valence-electron chi connectivity index (χ2n) is 7.28. The molecule has 0 radical (unpaired) electrons. The molecule has 1 heterocycles. The Balaban J connectivity index is 1.99. The average molecular weight is 360 g/mol. The number of nitrogens with zero attached hydrogens (tertiary/aromatic N) is 2. The second-order valence-corrected chi connectivity index (χ2v) is 7.28. The van der Waals surface area contributed by atoms with Crippen LogP contribution in [0.25, 0.3) is 0 Å². The lowest BCUT2D eigenvalue weighted by Gasteiger charge is -2.22. The highest BCUT2D eigenvalue weighted by Crippen LogP contribution is 2.21. The van der Waals surface area contributed by atoms with Crippen LogP contribution >= 0.6 is 0 Å². The highest BCUT2D eigenvalue weighted by molar-refractivity contribution is 5.94. The van der Waals surface area contributed by atoms with Crippen molar-refractivity contribution in [3.05, 3.63) is 29.3 Å². The Hall–Kier alpha value is -2.04. The number of ether oxygens (including phenoxy) is 1. The summed E-state index contributed by atoms with van der Waals surface area (Å²) in [5, 5.41) is 0. The number of benzene rings is 1. The molecule has 0 saturated carbocycles. The number of carbonyl (C=O) groups is 2. The lowest BCUT2D eigenvalue weighted by atomic mass is 10.1. The summed E-state index contributed by atoms with van der Waals surface area (Å²) in [7, 11) is 0. The first-order chi connectivity index (χ1) is 12.4. The van der Waals surface area contributed by atoms with E-state index in [0.29, 0.717) is 31.6 Å². The first-order valence-electron chi connectivity index (χ1n) is 9.76. The Morgan fingerprint density at radius 2 is 1.81 bits per heavy atom. The number of amides is 2. The fourth-order valence-electron chi connectivity index (χ4n) is 3.21. The maximum Gasteiger partial charge on any atom is 0.253 e.